The molecule has 0 aliphatic carbocycles. The van der Waals surface area contributed by atoms with Gasteiger partial charge in [0.15, 0.2) is 6.10 Å². The Bertz CT molecular complexity index is 983. The highest BCUT2D eigenvalue weighted by Gasteiger charge is 2.16. The van der Waals surface area contributed by atoms with E-state index in [1.165, 1.54) is 327 Å². The van der Waals surface area contributed by atoms with E-state index in [0.29, 0.717) is 12.8 Å². The van der Waals surface area contributed by atoms with Crippen LogP contribution in [0, 0.1) is 0 Å². The van der Waals surface area contributed by atoms with Gasteiger partial charge in [0.2, 0.25) is 0 Å². The first-order valence-corrected chi connectivity index (χ1v) is 32.6. The number of aliphatic hydroxyl groups is 1. The summed E-state index contributed by atoms with van der Waals surface area (Å²) in [4.78, 5) is 24.5. The van der Waals surface area contributed by atoms with Crippen molar-refractivity contribution in [2.45, 2.75) is 392 Å². The van der Waals surface area contributed by atoms with E-state index in [2.05, 4.69) is 13.8 Å². The largest absolute Gasteiger partial charge is 0.462 e. The van der Waals surface area contributed by atoms with Crippen LogP contribution in [0.2, 0.25) is 0 Å². The first-order chi connectivity index (χ1) is 34.6. The standard InChI is InChI=1S/C65H128O5/c1-3-5-7-9-11-13-15-17-19-20-21-22-23-24-25-26-27-28-29-30-31-32-33-34-35-36-37-38-39-40-41-42-43-44-46-48-50-52-54-56-58-60-65(68)70-63(61-66)62-69-64(67)59-57-55-53-51-49-47-45-18-16-14-12-10-8-6-4-2/h63,66H,3-62H2,1-2H3. The zero-order chi connectivity index (χ0) is 50.6. The highest BCUT2D eigenvalue weighted by atomic mass is 16.6. The fourth-order valence-corrected chi connectivity index (χ4v) is 10.5. The summed E-state index contributed by atoms with van der Waals surface area (Å²) < 4.78 is 10.7. The first-order valence-electron chi connectivity index (χ1n) is 32.6. The Balaban J connectivity index is 3.30. The molecule has 0 rings (SSSR count). The normalized spacial score (nSPS) is 12.0. The molecule has 0 amide bonds. The van der Waals surface area contributed by atoms with Gasteiger partial charge in [-0.25, -0.2) is 0 Å². The van der Waals surface area contributed by atoms with Crippen LogP contribution >= 0.6 is 0 Å². The lowest BCUT2D eigenvalue weighted by atomic mass is 10.0. The second-order valence-electron chi connectivity index (χ2n) is 22.6. The summed E-state index contributed by atoms with van der Waals surface area (Å²) in [6.07, 6.45) is 77.2. The van der Waals surface area contributed by atoms with E-state index in [9.17, 15) is 14.7 Å². The maximum absolute atomic E-state index is 12.3. The predicted molar refractivity (Wildman–Crippen MR) is 307 cm³/mol. The summed E-state index contributed by atoms with van der Waals surface area (Å²) >= 11 is 0. The molecule has 0 aliphatic rings. The molecule has 0 radical (unpaired) electrons. The monoisotopic (exact) mass is 989 g/mol. The molecule has 418 valence electrons. The number of carbonyl (C=O) groups excluding carboxylic acids is 2. The van der Waals surface area contributed by atoms with Gasteiger partial charge in [-0.1, -0.05) is 361 Å². The summed E-state index contributed by atoms with van der Waals surface area (Å²) in [6, 6.07) is 0. The van der Waals surface area contributed by atoms with Crippen LogP contribution in [-0.2, 0) is 19.1 Å². The topological polar surface area (TPSA) is 72.8 Å². The summed E-state index contributed by atoms with van der Waals surface area (Å²) in [5.41, 5.74) is 0. The Morgan fingerprint density at radius 3 is 0.629 bits per heavy atom. The molecule has 0 aromatic carbocycles. The number of rotatable bonds is 62. The van der Waals surface area contributed by atoms with Gasteiger partial charge in [-0.3, -0.25) is 9.59 Å². The Kier molecular flexibility index (Phi) is 61.2. The number of unbranched alkanes of at least 4 members (excludes halogenated alkanes) is 54. The highest BCUT2D eigenvalue weighted by molar-refractivity contribution is 5.70. The Labute approximate surface area is 439 Å². The molecule has 0 aromatic heterocycles. The van der Waals surface area contributed by atoms with Gasteiger partial charge in [-0.2, -0.15) is 0 Å². The predicted octanol–water partition coefficient (Wildman–Crippen LogP) is 22.1. The van der Waals surface area contributed by atoms with Crippen LogP contribution in [0.4, 0.5) is 0 Å². The molecule has 1 unspecified atom stereocenters. The van der Waals surface area contributed by atoms with Gasteiger partial charge in [0.1, 0.15) is 6.61 Å². The van der Waals surface area contributed by atoms with Crippen molar-refractivity contribution in [1.82, 2.24) is 0 Å². The van der Waals surface area contributed by atoms with E-state index in [0.717, 1.165) is 32.1 Å². The SMILES string of the molecule is CCCCCCCCCCCCCCCCCCCCCCCCCCCCCCCCCCCCCCCCCCCC(=O)OC(CO)COC(=O)CCCCCCCCCCCCCCCCC. The smallest absolute Gasteiger partial charge is 0.306 e. The molecular weight excluding hydrogens is 861 g/mol. The van der Waals surface area contributed by atoms with Gasteiger partial charge in [0, 0.05) is 12.8 Å². The Morgan fingerprint density at radius 1 is 0.271 bits per heavy atom. The number of aliphatic hydroxyl groups excluding tert-OH is 1. The molecule has 1 atom stereocenters. The molecule has 0 saturated carbocycles. The molecular formula is C65H128O5. The molecule has 0 fully saturated rings. The van der Waals surface area contributed by atoms with Crippen LogP contribution in [0.5, 0.6) is 0 Å². The van der Waals surface area contributed by atoms with Crippen molar-refractivity contribution >= 4 is 11.9 Å². The van der Waals surface area contributed by atoms with Gasteiger partial charge >= 0.3 is 11.9 Å². The number of hydrogen-bond acceptors (Lipinski definition) is 5. The number of hydrogen-bond donors (Lipinski definition) is 1. The molecule has 0 saturated heterocycles. The fraction of sp³-hybridized carbons (Fsp3) is 0.969. The van der Waals surface area contributed by atoms with Crippen molar-refractivity contribution in [1.29, 1.82) is 0 Å². The van der Waals surface area contributed by atoms with Crippen LogP contribution in [0.15, 0.2) is 0 Å². The third-order valence-corrected chi connectivity index (χ3v) is 15.4. The van der Waals surface area contributed by atoms with Gasteiger partial charge in [0.25, 0.3) is 0 Å². The summed E-state index contributed by atoms with van der Waals surface area (Å²) in [5, 5.41) is 9.65. The van der Waals surface area contributed by atoms with Crippen molar-refractivity contribution in [3.8, 4) is 0 Å². The van der Waals surface area contributed by atoms with E-state index in [4.69, 9.17) is 9.47 Å². The molecule has 5 nitrogen and oxygen atoms in total. The van der Waals surface area contributed by atoms with E-state index in [1.54, 1.807) is 0 Å². The molecule has 0 spiro atoms. The van der Waals surface area contributed by atoms with Crippen LogP contribution in [0.25, 0.3) is 0 Å². The van der Waals surface area contributed by atoms with Crippen molar-refractivity contribution < 1.29 is 24.2 Å². The van der Waals surface area contributed by atoms with Gasteiger partial charge in [-0.05, 0) is 12.8 Å². The summed E-state index contributed by atoms with van der Waals surface area (Å²) in [6.45, 7) is 4.20. The molecule has 0 aliphatic heterocycles. The van der Waals surface area contributed by atoms with Crippen molar-refractivity contribution in [2.75, 3.05) is 13.2 Å². The third kappa shape index (κ3) is 59.5. The van der Waals surface area contributed by atoms with E-state index < -0.39 is 6.10 Å². The van der Waals surface area contributed by atoms with Crippen molar-refractivity contribution in [3.63, 3.8) is 0 Å². The minimum atomic E-state index is -0.764. The number of carbonyl (C=O) groups is 2. The maximum Gasteiger partial charge on any atom is 0.306 e. The maximum atomic E-state index is 12.3. The average Bonchev–Trinajstić information content (AvgIpc) is 3.36. The van der Waals surface area contributed by atoms with Gasteiger partial charge in [-0.15, -0.1) is 0 Å². The Morgan fingerprint density at radius 2 is 0.443 bits per heavy atom. The third-order valence-electron chi connectivity index (χ3n) is 15.4. The van der Waals surface area contributed by atoms with Gasteiger partial charge in [0.05, 0.1) is 6.61 Å². The summed E-state index contributed by atoms with van der Waals surface area (Å²) in [5.74, 6) is -0.564. The minimum Gasteiger partial charge on any atom is -0.462 e. The lowest BCUT2D eigenvalue weighted by Crippen LogP contribution is -2.28. The second-order valence-corrected chi connectivity index (χ2v) is 22.6. The van der Waals surface area contributed by atoms with Crippen LogP contribution < -0.4 is 0 Å². The van der Waals surface area contributed by atoms with Gasteiger partial charge < -0.3 is 14.6 Å². The molecule has 5 heteroatoms. The highest BCUT2D eigenvalue weighted by Crippen LogP contribution is 2.19. The molecule has 70 heavy (non-hydrogen) atoms. The summed E-state index contributed by atoms with van der Waals surface area (Å²) in [7, 11) is 0. The van der Waals surface area contributed by atoms with Crippen LogP contribution in [0.3, 0.4) is 0 Å². The van der Waals surface area contributed by atoms with Crippen molar-refractivity contribution in [3.05, 3.63) is 0 Å². The minimum absolute atomic E-state index is 0.0560. The van der Waals surface area contributed by atoms with Crippen LogP contribution in [0.1, 0.15) is 386 Å². The fourth-order valence-electron chi connectivity index (χ4n) is 10.5. The lowest BCUT2D eigenvalue weighted by Gasteiger charge is -2.15. The quantitative estimate of drug-likeness (QED) is 0.0486. The molecule has 0 bridgehead atoms. The van der Waals surface area contributed by atoms with Crippen molar-refractivity contribution in [2.24, 2.45) is 0 Å². The second kappa shape index (κ2) is 62.2. The molecule has 0 heterocycles. The Hall–Kier alpha value is -1.10. The van der Waals surface area contributed by atoms with E-state index in [-0.39, 0.29) is 25.2 Å². The zero-order valence-corrected chi connectivity index (χ0v) is 48.1. The number of ether oxygens (including phenoxy) is 2. The lowest BCUT2D eigenvalue weighted by molar-refractivity contribution is -0.161. The van der Waals surface area contributed by atoms with E-state index >= 15 is 0 Å². The molecule has 1 N–H and O–H groups in total. The van der Waals surface area contributed by atoms with E-state index in [1.807, 2.05) is 0 Å². The average molecular weight is 990 g/mol. The first kappa shape index (κ1) is 68.9. The molecule has 0 aromatic rings. The van der Waals surface area contributed by atoms with Crippen LogP contribution in [-0.4, -0.2) is 36.4 Å². The zero-order valence-electron chi connectivity index (χ0n) is 48.1. The number of esters is 2.